The molecule has 0 aliphatic heterocycles. The number of hydrogen-bond donors (Lipinski definition) is 0. The molecule has 0 radical (unpaired) electrons. The van der Waals surface area contributed by atoms with Crippen molar-refractivity contribution in [2.24, 2.45) is 11.3 Å². The Morgan fingerprint density at radius 3 is 2.36 bits per heavy atom. The Kier molecular flexibility index (Phi) is 2.98. The van der Waals surface area contributed by atoms with Crippen LogP contribution in [-0.2, 0) is 0 Å². The molecule has 1 fully saturated rings. The third-order valence-corrected chi connectivity index (χ3v) is 3.13. The van der Waals surface area contributed by atoms with Crippen molar-refractivity contribution in [2.75, 3.05) is 0 Å². The van der Waals surface area contributed by atoms with Gasteiger partial charge in [0, 0.05) is 0 Å². The molecule has 1 rings (SSSR count). The quantitative estimate of drug-likeness (QED) is 0.561. The summed E-state index contributed by atoms with van der Waals surface area (Å²) < 4.78 is 0. The summed E-state index contributed by atoms with van der Waals surface area (Å²) in [5.74, 6) is 0.970. The van der Waals surface area contributed by atoms with Crippen LogP contribution in [0.4, 0.5) is 0 Å². The molecule has 0 nitrogen and oxygen atoms in total. The molecule has 0 aromatic rings. The summed E-state index contributed by atoms with van der Waals surface area (Å²) in [7, 11) is 0. The van der Waals surface area contributed by atoms with Gasteiger partial charge in [-0.25, -0.2) is 0 Å². The highest BCUT2D eigenvalue weighted by atomic mass is 14.4. The smallest absolute Gasteiger partial charge is 0.0325 e. The summed E-state index contributed by atoms with van der Waals surface area (Å²) >= 11 is 0. The molecule has 0 saturated heterocycles. The van der Waals surface area contributed by atoms with Gasteiger partial charge in [-0.1, -0.05) is 40.0 Å². The van der Waals surface area contributed by atoms with Crippen LogP contribution >= 0.6 is 0 Å². The fourth-order valence-electron chi connectivity index (χ4n) is 1.70. The average molecular weight is 154 g/mol. The Bertz CT molecular complexity index is 111. The molecule has 1 aliphatic carbocycles. The van der Waals surface area contributed by atoms with E-state index in [-0.39, 0.29) is 0 Å². The maximum atomic E-state index is 2.44. The highest BCUT2D eigenvalue weighted by molar-refractivity contribution is 4.88. The van der Waals surface area contributed by atoms with Crippen molar-refractivity contribution in [3.63, 3.8) is 0 Å². The van der Waals surface area contributed by atoms with E-state index in [4.69, 9.17) is 0 Å². The van der Waals surface area contributed by atoms with E-state index in [0.717, 1.165) is 11.3 Å². The first-order valence-electron chi connectivity index (χ1n) is 5.16. The van der Waals surface area contributed by atoms with Gasteiger partial charge in [0.1, 0.15) is 0 Å². The van der Waals surface area contributed by atoms with Crippen LogP contribution in [0.1, 0.15) is 59.3 Å². The summed E-state index contributed by atoms with van der Waals surface area (Å²) in [6.45, 7) is 7.12. The van der Waals surface area contributed by atoms with Gasteiger partial charge in [0.2, 0.25) is 0 Å². The van der Waals surface area contributed by atoms with Crippen molar-refractivity contribution in [1.82, 2.24) is 0 Å². The second kappa shape index (κ2) is 3.60. The molecule has 0 amide bonds. The predicted molar refractivity (Wildman–Crippen MR) is 50.6 cm³/mol. The minimum absolute atomic E-state index is 0.780. The van der Waals surface area contributed by atoms with Crippen molar-refractivity contribution in [1.29, 1.82) is 0 Å². The van der Waals surface area contributed by atoms with Crippen molar-refractivity contribution >= 4 is 0 Å². The van der Waals surface area contributed by atoms with Gasteiger partial charge in [-0.3, -0.25) is 0 Å². The van der Waals surface area contributed by atoms with Crippen LogP contribution in [0.5, 0.6) is 0 Å². The molecule has 1 atom stereocenters. The largest absolute Gasteiger partial charge is 0.0654 e. The second-order valence-corrected chi connectivity index (χ2v) is 4.74. The van der Waals surface area contributed by atoms with Crippen molar-refractivity contribution in [3.8, 4) is 0 Å². The first-order valence-corrected chi connectivity index (χ1v) is 5.16. The van der Waals surface area contributed by atoms with Gasteiger partial charge < -0.3 is 0 Å². The summed E-state index contributed by atoms with van der Waals surface area (Å²) in [5, 5.41) is 0. The summed E-state index contributed by atoms with van der Waals surface area (Å²) in [5.41, 5.74) is 0.780. The minimum Gasteiger partial charge on any atom is -0.0654 e. The molecule has 0 heteroatoms. The first-order chi connectivity index (χ1) is 5.16. The summed E-state index contributed by atoms with van der Waals surface area (Å²) in [4.78, 5) is 0. The van der Waals surface area contributed by atoms with Crippen LogP contribution in [-0.4, -0.2) is 0 Å². The predicted octanol–water partition coefficient (Wildman–Crippen LogP) is 4.00. The minimum atomic E-state index is 0.780. The molecule has 1 aliphatic rings. The van der Waals surface area contributed by atoms with E-state index in [1.807, 2.05) is 0 Å². The average Bonchev–Trinajstić information content (AvgIpc) is 2.66. The molecular formula is C11H22. The Labute approximate surface area is 71.4 Å². The standard InChI is InChI=1S/C11H22/c1-4-5-10(2)6-7-11(3)8-9-11/h10H,4-9H2,1-3H3. The van der Waals surface area contributed by atoms with Gasteiger partial charge in [-0.2, -0.15) is 0 Å². The molecular weight excluding hydrogens is 132 g/mol. The maximum absolute atomic E-state index is 2.44. The fourth-order valence-corrected chi connectivity index (χ4v) is 1.70. The van der Waals surface area contributed by atoms with Gasteiger partial charge in [-0.05, 0) is 30.6 Å². The van der Waals surface area contributed by atoms with Crippen molar-refractivity contribution in [3.05, 3.63) is 0 Å². The molecule has 0 spiro atoms. The third-order valence-electron chi connectivity index (χ3n) is 3.13. The Balaban J connectivity index is 2.01. The Morgan fingerprint density at radius 1 is 1.27 bits per heavy atom. The van der Waals surface area contributed by atoms with Gasteiger partial charge in [0.15, 0.2) is 0 Å². The van der Waals surface area contributed by atoms with Crippen molar-refractivity contribution < 1.29 is 0 Å². The fraction of sp³-hybridized carbons (Fsp3) is 1.00. The third kappa shape index (κ3) is 3.27. The van der Waals surface area contributed by atoms with E-state index in [1.165, 1.54) is 38.5 Å². The SMILES string of the molecule is CCCC(C)CCC1(C)CC1. The lowest BCUT2D eigenvalue weighted by Gasteiger charge is -2.12. The Hall–Kier alpha value is 0. The number of rotatable bonds is 5. The van der Waals surface area contributed by atoms with E-state index < -0.39 is 0 Å². The van der Waals surface area contributed by atoms with E-state index in [0.29, 0.717) is 0 Å². The maximum Gasteiger partial charge on any atom is -0.0325 e. The lowest BCUT2D eigenvalue weighted by molar-refractivity contribution is 0.398. The molecule has 0 heterocycles. The van der Waals surface area contributed by atoms with E-state index in [2.05, 4.69) is 20.8 Å². The van der Waals surface area contributed by atoms with Crippen LogP contribution in [0, 0.1) is 11.3 Å². The van der Waals surface area contributed by atoms with Crippen LogP contribution in [0.3, 0.4) is 0 Å². The van der Waals surface area contributed by atoms with Crippen LogP contribution < -0.4 is 0 Å². The molecule has 0 bridgehead atoms. The lowest BCUT2D eigenvalue weighted by Crippen LogP contribution is -1.99. The molecule has 11 heavy (non-hydrogen) atoms. The molecule has 0 N–H and O–H groups in total. The molecule has 66 valence electrons. The van der Waals surface area contributed by atoms with Gasteiger partial charge >= 0.3 is 0 Å². The van der Waals surface area contributed by atoms with Gasteiger partial charge in [0.25, 0.3) is 0 Å². The number of hydrogen-bond acceptors (Lipinski definition) is 0. The zero-order valence-corrected chi connectivity index (χ0v) is 8.32. The normalized spacial score (nSPS) is 23.2. The van der Waals surface area contributed by atoms with E-state index in [9.17, 15) is 0 Å². The lowest BCUT2D eigenvalue weighted by atomic mass is 9.93. The topological polar surface area (TPSA) is 0 Å². The highest BCUT2D eigenvalue weighted by Crippen LogP contribution is 2.49. The molecule has 1 saturated carbocycles. The molecule has 0 aromatic heterocycles. The van der Waals surface area contributed by atoms with E-state index >= 15 is 0 Å². The first kappa shape index (κ1) is 9.09. The summed E-state index contributed by atoms with van der Waals surface area (Å²) in [6.07, 6.45) is 8.71. The van der Waals surface area contributed by atoms with Crippen LogP contribution in [0.25, 0.3) is 0 Å². The summed E-state index contributed by atoms with van der Waals surface area (Å²) in [6, 6.07) is 0. The Morgan fingerprint density at radius 2 is 1.91 bits per heavy atom. The highest BCUT2D eigenvalue weighted by Gasteiger charge is 2.36. The monoisotopic (exact) mass is 154 g/mol. The van der Waals surface area contributed by atoms with Gasteiger partial charge in [0.05, 0.1) is 0 Å². The second-order valence-electron chi connectivity index (χ2n) is 4.74. The van der Waals surface area contributed by atoms with Crippen molar-refractivity contribution in [2.45, 2.75) is 59.3 Å². The molecule has 0 aromatic carbocycles. The molecule has 1 unspecified atom stereocenters. The van der Waals surface area contributed by atoms with Crippen LogP contribution in [0.2, 0.25) is 0 Å². The zero-order chi connectivity index (χ0) is 8.32. The van der Waals surface area contributed by atoms with E-state index in [1.54, 1.807) is 0 Å². The van der Waals surface area contributed by atoms with Gasteiger partial charge in [-0.15, -0.1) is 0 Å². The zero-order valence-electron chi connectivity index (χ0n) is 8.32. The van der Waals surface area contributed by atoms with Crippen LogP contribution in [0.15, 0.2) is 0 Å².